The first-order valence-corrected chi connectivity index (χ1v) is 6.77. The first-order chi connectivity index (χ1) is 10.1. The van der Waals surface area contributed by atoms with Gasteiger partial charge in [-0.3, -0.25) is 4.79 Å². The second-order valence-electron chi connectivity index (χ2n) is 4.64. The lowest BCUT2D eigenvalue weighted by Gasteiger charge is -2.20. The average Bonchev–Trinajstić information content (AvgIpc) is 2.53. The highest BCUT2D eigenvalue weighted by Crippen LogP contribution is 2.14. The predicted molar refractivity (Wildman–Crippen MR) is 89.3 cm³/mol. The molecule has 0 atom stereocenters. The van der Waals surface area contributed by atoms with E-state index >= 15 is 0 Å². The number of nitrogen functional groups attached to an aromatic ring is 1. The van der Waals surface area contributed by atoms with Crippen LogP contribution in [0.1, 0.15) is 23.0 Å². The van der Waals surface area contributed by atoms with E-state index in [-0.39, 0.29) is 18.3 Å². The maximum absolute atomic E-state index is 12.4. The molecule has 1 aromatic carbocycles. The van der Waals surface area contributed by atoms with Crippen molar-refractivity contribution >= 4 is 24.0 Å². The third-order valence-electron chi connectivity index (χ3n) is 3.21. The van der Waals surface area contributed by atoms with Crippen LogP contribution >= 0.6 is 12.4 Å². The molecular weight excluding hydrogens is 302 g/mol. The number of methoxy groups -OCH3 is 1. The van der Waals surface area contributed by atoms with Gasteiger partial charge in [0.15, 0.2) is 0 Å². The van der Waals surface area contributed by atoms with Crippen LogP contribution < -0.4 is 10.5 Å². The van der Waals surface area contributed by atoms with Crippen LogP contribution in [0.4, 0.5) is 5.69 Å². The van der Waals surface area contributed by atoms with Crippen LogP contribution in [0.3, 0.4) is 0 Å². The average molecular weight is 322 g/mol. The van der Waals surface area contributed by atoms with Gasteiger partial charge in [0.2, 0.25) is 0 Å². The van der Waals surface area contributed by atoms with Gasteiger partial charge in [0, 0.05) is 13.1 Å². The number of pyridine rings is 1. The van der Waals surface area contributed by atoms with Gasteiger partial charge >= 0.3 is 0 Å². The van der Waals surface area contributed by atoms with Crippen molar-refractivity contribution < 1.29 is 9.53 Å². The first kappa shape index (κ1) is 17.8. The van der Waals surface area contributed by atoms with Crippen molar-refractivity contribution in [3.8, 4) is 5.75 Å². The van der Waals surface area contributed by atoms with E-state index < -0.39 is 0 Å². The summed E-state index contributed by atoms with van der Waals surface area (Å²) in [6, 6.07) is 11.0. The Morgan fingerprint density at radius 1 is 1.23 bits per heavy atom. The number of halogens is 1. The number of carbonyl (C=O) groups excluding carboxylic acids is 1. The summed E-state index contributed by atoms with van der Waals surface area (Å²) in [5, 5.41) is 0. The molecule has 0 saturated carbocycles. The lowest BCUT2D eigenvalue weighted by Crippen LogP contribution is -2.30. The van der Waals surface area contributed by atoms with Crippen LogP contribution in [0.25, 0.3) is 0 Å². The fourth-order valence-corrected chi connectivity index (χ4v) is 1.97. The minimum Gasteiger partial charge on any atom is -0.497 e. The summed E-state index contributed by atoms with van der Waals surface area (Å²) in [5.41, 5.74) is 7.58. The van der Waals surface area contributed by atoms with E-state index in [1.165, 1.54) is 6.20 Å². The fourth-order valence-electron chi connectivity index (χ4n) is 1.97. The number of benzene rings is 1. The molecule has 22 heavy (non-hydrogen) atoms. The van der Waals surface area contributed by atoms with Crippen molar-refractivity contribution in [3.63, 3.8) is 0 Å². The van der Waals surface area contributed by atoms with Crippen molar-refractivity contribution in [2.45, 2.75) is 13.5 Å². The van der Waals surface area contributed by atoms with Gasteiger partial charge in [-0.1, -0.05) is 12.1 Å². The van der Waals surface area contributed by atoms with Gasteiger partial charge in [-0.15, -0.1) is 12.4 Å². The molecule has 0 bridgehead atoms. The molecule has 0 unspecified atom stereocenters. The van der Waals surface area contributed by atoms with Gasteiger partial charge in [0.25, 0.3) is 5.91 Å². The van der Waals surface area contributed by atoms with Gasteiger partial charge in [-0.2, -0.15) is 0 Å². The maximum Gasteiger partial charge on any atom is 0.272 e. The fraction of sp³-hybridized carbons (Fsp3) is 0.250. The van der Waals surface area contributed by atoms with Crippen molar-refractivity contribution in [3.05, 3.63) is 53.9 Å². The third-order valence-corrected chi connectivity index (χ3v) is 3.21. The van der Waals surface area contributed by atoms with Crippen molar-refractivity contribution in [1.29, 1.82) is 0 Å². The highest BCUT2D eigenvalue weighted by Gasteiger charge is 2.15. The molecule has 1 aromatic heterocycles. The van der Waals surface area contributed by atoms with Gasteiger partial charge in [-0.25, -0.2) is 4.98 Å². The topological polar surface area (TPSA) is 68.5 Å². The number of nitrogens with zero attached hydrogens (tertiary/aromatic N) is 2. The van der Waals surface area contributed by atoms with E-state index in [4.69, 9.17) is 10.5 Å². The summed E-state index contributed by atoms with van der Waals surface area (Å²) in [7, 11) is 1.63. The van der Waals surface area contributed by atoms with E-state index in [9.17, 15) is 4.79 Å². The smallest absolute Gasteiger partial charge is 0.272 e. The zero-order valence-electron chi connectivity index (χ0n) is 12.7. The minimum atomic E-state index is -0.103. The van der Waals surface area contributed by atoms with E-state index in [2.05, 4.69) is 4.98 Å². The number of hydrogen-bond acceptors (Lipinski definition) is 4. The van der Waals surface area contributed by atoms with Crippen LogP contribution in [-0.2, 0) is 6.54 Å². The molecule has 0 aliphatic heterocycles. The third kappa shape index (κ3) is 4.36. The van der Waals surface area contributed by atoms with Crippen LogP contribution in [0, 0.1) is 0 Å². The number of hydrogen-bond donors (Lipinski definition) is 1. The number of anilines is 1. The van der Waals surface area contributed by atoms with Gasteiger partial charge in [-0.05, 0) is 36.8 Å². The molecule has 0 fully saturated rings. The quantitative estimate of drug-likeness (QED) is 0.919. The molecule has 118 valence electrons. The maximum atomic E-state index is 12.4. The van der Waals surface area contributed by atoms with Gasteiger partial charge in [0.05, 0.1) is 19.0 Å². The van der Waals surface area contributed by atoms with E-state index in [1.807, 2.05) is 31.2 Å². The van der Waals surface area contributed by atoms with Crippen molar-refractivity contribution in [2.75, 3.05) is 19.4 Å². The largest absolute Gasteiger partial charge is 0.497 e. The molecule has 0 spiro atoms. The number of rotatable bonds is 5. The monoisotopic (exact) mass is 321 g/mol. The molecule has 0 aliphatic rings. The number of amides is 1. The number of ether oxygens (including phenoxy) is 1. The summed E-state index contributed by atoms with van der Waals surface area (Å²) >= 11 is 0. The molecule has 2 aromatic rings. The highest BCUT2D eigenvalue weighted by molar-refractivity contribution is 5.92. The predicted octanol–water partition coefficient (Wildman–Crippen LogP) is 2.76. The number of nitrogens with two attached hydrogens (primary N) is 1. The SMILES string of the molecule is CCN(Cc1ccc(OC)cc1)C(=O)c1ccc(N)cn1.Cl. The van der Waals surface area contributed by atoms with E-state index in [0.717, 1.165) is 11.3 Å². The summed E-state index contributed by atoms with van der Waals surface area (Å²) in [6.07, 6.45) is 1.49. The molecule has 0 aliphatic carbocycles. The van der Waals surface area contributed by atoms with Gasteiger partial charge in [0.1, 0.15) is 11.4 Å². The normalized spacial score (nSPS) is 9.73. The molecule has 2 rings (SSSR count). The second-order valence-corrected chi connectivity index (χ2v) is 4.64. The lowest BCUT2D eigenvalue weighted by atomic mass is 10.2. The molecular formula is C16H20ClN3O2. The van der Waals surface area contributed by atoms with Crippen LogP contribution in [-0.4, -0.2) is 29.4 Å². The molecule has 1 heterocycles. The zero-order chi connectivity index (χ0) is 15.2. The highest BCUT2D eigenvalue weighted by atomic mass is 35.5. The van der Waals surface area contributed by atoms with Gasteiger partial charge < -0.3 is 15.4 Å². The Hall–Kier alpha value is -2.27. The van der Waals surface area contributed by atoms with Crippen molar-refractivity contribution in [1.82, 2.24) is 9.88 Å². The van der Waals surface area contributed by atoms with Crippen molar-refractivity contribution in [2.24, 2.45) is 0 Å². The molecule has 0 radical (unpaired) electrons. The summed E-state index contributed by atoms with van der Waals surface area (Å²) < 4.78 is 5.13. The Labute approximate surface area is 136 Å². The Kier molecular flexibility index (Phi) is 6.66. The standard InChI is InChI=1S/C16H19N3O2.ClH/c1-3-19(11-12-4-7-14(21-2)8-5-12)16(20)15-9-6-13(17)10-18-15;/h4-10H,3,11,17H2,1-2H3;1H. The minimum absolute atomic E-state index is 0. The second kappa shape index (κ2) is 8.24. The number of carbonyl (C=O) groups is 1. The summed E-state index contributed by atoms with van der Waals surface area (Å²) in [5.74, 6) is 0.696. The van der Waals surface area contributed by atoms with E-state index in [1.54, 1.807) is 24.1 Å². The molecule has 1 amide bonds. The Morgan fingerprint density at radius 3 is 2.41 bits per heavy atom. The Balaban J connectivity index is 0.00000242. The van der Waals surface area contributed by atoms with Crippen LogP contribution in [0.15, 0.2) is 42.6 Å². The van der Waals surface area contributed by atoms with Crippen LogP contribution in [0.2, 0.25) is 0 Å². The molecule has 6 heteroatoms. The van der Waals surface area contributed by atoms with E-state index in [0.29, 0.717) is 24.5 Å². The zero-order valence-corrected chi connectivity index (χ0v) is 13.5. The first-order valence-electron chi connectivity index (χ1n) is 6.77. The molecule has 5 nitrogen and oxygen atoms in total. The molecule has 0 saturated heterocycles. The molecule has 2 N–H and O–H groups in total. The number of aromatic nitrogens is 1. The Morgan fingerprint density at radius 2 is 1.91 bits per heavy atom. The lowest BCUT2D eigenvalue weighted by molar-refractivity contribution is 0.0746. The summed E-state index contributed by atoms with van der Waals surface area (Å²) in [6.45, 7) is 3.08. The summed E-state index contributed by atoms with van der Waals surface area (Å²) in [4.78, 5) is 18.2. The Bertz CT molecular complexity index is 600. The van der Waals surface area contributed by atoms with Crippen LogP contribution in [0.5, 0.6) is 5.75 Å².